The van der Waals surface area contributed by atoms with Gasteiger partial charge >= 0.3 is 12.3 Å². The molecule has 6 aromatic carbocycles. The second-order valence-electron chi connectivity index (χ2n) is 16.5. The van der Waals surface area contributed by atoms with Crippen LogP contribution < -0.4 is 9.47 Å². The molecule has 0 bridgehead atoms. The van der Waals surface area contributed by atoms with Crippen LogP contribution in [0, 0.1) is 11.8 Å². The van der Waals surface area contributed by atoms with Gasteiger partial charge in [-0.15, -0.1) is 0 Å². The SMILES string of the molecule is CCCCC(CC)Cc1ccc2c(OC(=O)OC(C)C)c3ccccc3c(-c3c4ccccc4c(OC(=O)OC(C)C)c4ccc(CC(CC)CCCC)cc34)c2c1. The van der Waals surface area contributed by atoms with E-state index in [1.807, 2.05) is 64.1 Å². The van der Waals surface area contributed by atoms with Crippen molar-refractivity contribution in [2.45, 2.75) is 132 Å². The molecule has 0 spiro atoms. The minimum atomic E-state index is -0.729. The van der Waals surface area contributed by atoms with Gasteiger partial charge in [-0.25, -0.2) is 9.59 Å². The van der Waals surface area contributed by atoms with Crippen molar-refractivity contribution in [3.63, 3.8) is 0 Å². The predicted octanol–water partition coefficient (Wildman–Crippen LogP) is 15.3. The highest BCUT2D eigenvalue weighted by molar-refractivity contribution is 6.27. The molecule has 0 aromatic heterocycles. The summed E-state index contributed by atoms with van der Waals surface area (Å²) in [5, 5.41) is 7.19. The molecule has 0 aliphatic heterocycles. The van der Waals surface area contributed by atoms with Crippen LogP contribution in [-0.4, -0.2) is 24.5 Å². The van der Waals surface area contributed by atoms with E-state index in [4.69, 9.17) is 18.9 Å². The van der Waals surface area contributed by atoms with E-state index in [0.29, 0.717) is 23.3 Å². The first-order chi connectivity index (χ1) is 28.1. The van der Waals surface area contributed by atoms with Crippen LogP contribution in [0.15, 0.2) is 84.9 Å². The Morgan fingerprint density at radius 2 is 0.845 bits per heavy atom. The standard InChI is InChI=1S/C52H62O6/c1-9-13-19-35(11-3)29-37-25-27-43-45(31-37)47(39-21-15-17-23-41(39)49(43)57-51(53)55-33(5)6)48-40-22-16-18-24-42(40)50(58-52(54)56-34(7)8)44-28-26-38(32-46(44)48)30-36(12-4)20-14-10-2/h15-18,21-28,31-36H,9-14,19-20,29-30H2,1-8H3. The molecule has 0 saturated heterocycles. The smallest absolute Gasteiger partial charge is 0.431 e. The van der Waals surface area contributed by atoms with Crippen LogP contribution in [0.3, 0.4) is 0 Å². The lowest BCUT2D eigenvalue weighted by Crippen LogP contribution is -2.16. The lowest BCUT2D eigenvalue weighted by molar-refractivity contribution is 0.0725. The lowest BCUT2D eigenvalue weighted by atomic mass is 9.83. The first-order valence-corrected chi connectivity index (χ1v) is 21.8. The molecule has 0 N–H and O–H groups in total. The topological polar surface area (TPSA) is 71.1 Å². The van der Waals surface area contributed by atoms with E-state index in [1.54, 1.807) is 0 Å². The van der Waals surface area contributed by atoms with Crippen molar-refractivity contribution in [2.75, 3.05) is 0 Å². The highest BCUT2D eigenvalue weighted by Crippen LogP contribution is 2.50. The van der Waals surface area contributed by atoms with E-state index >= 15 is 0 Å². The second kappa shape index (κ2) is 19.6. The molecule has 6 rings (SSSR count). The molecule has 0 fully saturated rings. The number of rotatable bonds is 17. The Morgan fingerprint density at radius 1 is 0.483 bits per heavy atom. The van der Waals surface area contributed by atoms with Crippen molar-refractivity contribution in [1.29, 1.82) is 0 Å². The molecule has 2 unspecified atom stereocenters. The van der Waals surface area contributed by atoms with E-state index in [9.17, 15) is 9.59 Å². The number of ether oxygens (including phenoxy) is 4. The van der Waals surface area contributed by atoms with Gasteiger partial charge in [0.2, 0.25) is 0 Å². The van der Waals surface area contributed by atoms with Crippen LogP contribution in [0.5, 0.6) is 11.5 Å². The van der Waals surface area contributed by atoms with Gasteiger partial charge in [0.25, 0.3) is 0 Å². The number of fused-ring (bicyclic) bond motifs is 4. The lowest BCUT2D eigenvalue weighted by Gasteiger charge is -2.23. The monoisotopic (exact) mass is 782 g/mol. The molecular formula is C52H62O6. The fourth-order valence-corrected chi connectivity index (χ4v) is 8.54. The van der Waals surface area contributed by atoms with Gasteiger partial charge in [-0.1, -0.05) is 164 Å². The van der Waals surface area contributed by atoms with E-state index in [-0.39, 0.29) is 12.2 Å². The zero-order chi connectivity index (χ0) is 41.3. The van der Waals surface area contributed by atoms with E-state index in [1.165, 1.54) is 49.7 Å². The average molecular weight is 783 g/mol. The molecule has 0 heterocycles. The Hall–Kier alpha value is -5.10. The minimum Gasteiger partial charge on any atom is -0.431 e. The summed E-state index contributed by atoms with van der Waals surface area (Å²) in [4.78, 5) is 26.6. The number of benzene rings is 6. The van der Waals surface area contributed by atoms with Crippen LogP contribution in [0.4, 0.5) is 9.59 Å². The average Bonchev–Trinajstić information content (AvgIpc) is 3.20. The van der Waals surface area contributed by atoms with Gasteiger partial charge in [-0.05, 0) is 96.2 Å². The van der Waals surface area contributed by atoms with E-state index in [2.05, 4.69) is 76.2 Å². The maximum absolute atomic E-state index is 13.3. The number of carbonyl (C=O) groups excluding carboxylic acids is 2. The Labute approximate surface area is 345 Å². The number of carbonyl (C=O) groups is 2. The first-order valence-electron chi connectivity index (χ1n) is 21.8. The summed E-state index contributed by atoms with van der Waals surface area (Å²) in [5.41, 5.74) is 4.59. The van der Waals surface area contributed by atoms with E-state index < -0.39 is 12.3 Å². The van der Waals surface area contributed by atoms with Crippen molar-refractivity contribution in [3.8, 4) is 22.6 Å². The fraction of sp³-hybridized carbons (Fsp3) is 0.423. The minimum absolute atomic E-state index is 0.329. The van der Waals surface area contributed by atoms with Crippen LogP contribution in [0.25, 0.3) is 54.2 Å². The van der Waals surface area contributed by atoms with Gasteiger partial charge in [-0.3, -0.25) is 0 Å². The Morgan fingerprint density at radius 3 is 1.19 bits per heavy atom. The van der Waals surface area contributed by atoms with Crippen LogP contribution in [0.2, 0.25) is 0 Å². The molecule has 0 aliphatic rings. The summed E-state index contributed by atoms with van der Waals surface area (Å²) >= 11 is 0. The molecule has 6 nitrogen and oxygen atoms in total. The number of hydrogen-bond donors (Lipinski definition) is 0. The molecule has 6 aromatic rings. The van der Waals surface area contributed by atoms with E-state index in [0.717, 1.165) is 79.9 Å². The maximum atomic E-state index is 13.3. The zero-order valence-electron chi connectivity index (χ0n) is 35.9. The molecule has 2 atom stereocenters. The molecule has 6 heteroatoms. The summed E-state index contributed by atoms with van der Waals surface area (Å²) < 4.78 is 23.5. The summed E-state index contributed by atoms with van der Waals surface area (Å²) in [6.07, 6.45) is 9.12. The van der Waals surface area contributed by atoms with Crippen molar-refractivity contribution in [1.82, 2.24) is 0 Å². The summed E-state index contributed by atoms with van der Waals surface area (Å²) in [7, 11) is 0. The fourth-order valence-electron chi connectivity index (χ4n) is 8.54. The van der Waals surface area contributed by atoms with Crippen molar-refractivity contribution in [2.24, 2.45) is 11.8 Å². The van der Waals surface area contributed by atoms with Gasteiger partial charge in [0.1, 0.15) is 11.5 Å². The predicted molar refractivity (Wildman–Crippen MR) is 240 cm³/mol. The number of hydrogen-bond acceptors (Lipinski definition) is 6. The molecule has 58 heavy (non-hydrogen) atoms. The Kier molecular flexibility index (Phi) is 14.3. The maximum Gasteiger partial charge on any atom is 0.514 e. The van der Waals surface area contributed by atoms with Crippen molar-refractivity contribution in [3.05, 3.63) is 96.1 Å². The number of unbranched alkanes of at least 4 members (excludes halogenated alkanes) is 2. The van der Waals surface area contributed by atoms with Gasteiger partial charge in [0.05, 0.1) is 12.2 Å². The quantitative estimate of drug-likeness (QED) is 0.0521. The summed E-state index contributed by atoms with van der Waals surface area (Å²) in [6, 6.07) is 29.6. The molecule has 0 amide bonds. The highest BCUT2D eigenvalue weighted by Gasteiger charge is 2.26. The molecular weight excluding hydrogens is 721 g/mol. The highest BCUT2D eigenvalue weighted by atomic mass is 16.7. The largest absolute Gasteiger partial charge is 0.514 e. The van der Waals surface area contributed by atoms with Gasteiger partial charge in [0, 0.05) is 21.5 Å². The van der Waals surface area contributed by atoms with Crippen LogP contribution >= 0.6 is 0 Å². The van der Waals surface area contributed by atoms with Crippen molar-refractivity contribution < 1.29 is 28.5 Å². The van der Waals surface area contributed by atoms with Crippen molar-refractivity contribution >= 4 is 55.4 Å². The third-order valence-electron chi connectivity index (χ3n) is 11.5. The Bertz CT molecular complexity index is 2210. The third-order valence-corrected chi connectivity index (χ3v) is 11.5. The summed E-state index contributed by atoms with van der Waals surface area (Å²) in [5.74, 6) is 2.08. The molecule has 0 saturated carbocycles. The molecule has 0 aliphatic carbocycles. The molecule has 306 valence electrons. The summed E-state index contributed by atoms with van der Waals surface area (Å²) in [6.45, 7) is 16.4. The normalized spacial score (nSPS) is 12.8. The second-order valence-corrected chi connectivity index (χ2v) is 16.5. The van der Waals surface area contributed by atoms with Crippen LogP contribution in [0.1, 0.15) is 118 Å². The van der Waals surface area contributed by atoms with Gasteiger partial charge in [0.15, 0.2) is 0 Å². The van der Waals surface area contributed by atoms with Crippen LogP contribution in [-0.2, 0) is 22.3 Å². The first kappa shape index (κ1) is 42.5. The van der Waals surface area contributed by atoms with Gasteiger partial charge < -0.3 is 18.9 Å². The zero-order valence-corrected chi connectivity index (χ0v) is 35.9. The molecule has 0 radical (unpaired) electrons. The Balaban J connectivity index is 1.73. The van der Waals surface area contributed by atoms with Gasteiger partial charge in [-0.2, -0.15) is 0 Å². The third kappa shape index (κ3) is 9.60.